The smallest absolute Gasteiger partial charge is 0.137 e. The summed E-state index contributed by atoms with van der Waals surface area (Å²) in [6.45, 7) is 8.44. The van der Waals surface area contributed by atoms with Crippen LogP contribution in [0.25, 0.3) is 0 Å². The lowest BCUT2D eigenvalue weighted by Gasteiger charge is -2.23. The Hall–Kier alpha value is -1.32. The molecule has 0 saturated carbocycles. The molecule has 1 N–H and O–H groups in total. The Morgan fingerprint density at radius 2 is 1.88 bits per heavy atom. The fourth-order valence-corrected chi connectivity index (χ4v) is 1.89. The third-order valence-electron chi connectivity index (χ3n) is 2.72. The van der Waals surface area contributed by atoms with Crippen molar-refractivity contribution in [3.63, 3.8) is 0 Å². The molecule has 0 aliphatic rings. The third-order valence-corrected chi connectivity index (χ3v) is 2.72. The maximum atomic E-state index is 4.42. The lowest BCUT2D eigenvalue weighted by molar-refractivity contribution is 0.813. The molecule has 1 aromatic heterocycles. The van der Waals surface area contributed by atoms with Gasteiger partial charge in [-0.15, -0.1) is 0 Å². The molecule has 0 fully saturated rings. The molecule has 1 rings (SSSR count). The molecule has 0 saturated heterocycles. The van der Waals surface area contributed by atoms with Crippen molar-refractivity contribution in [1.82, 2.24) is 9.97 Å². The van der Waals surface area contributed by atoms with Crippen LogP contribution in [-0.2, 0) is 6.42 Å². The largest absolute Gasteiger partial charge is 0.373 e. The second-order valence-corrected chi connectivity index (χ2v) is 3.70. The molecule has 1 aromatic rings. The zero-order valence-corrected chi connectivity index (χ0v) is 10.7. The van der Waals surface area contributed by atoms with Gasteiger partial charge in [-0.1, -0.05) is 13.3 Å². The van der Waals surface area contributed by atoms with Gasteiger partial charge in [0.15, 0.2) is 0 Å². The van der Waals surface area contributed by atoms with Crippen LogP contribution < -0.4 is 10.2 Å². The van der Waals surface area contributed by atoms with E-state index in [1.54, 1.807) is 6.33 Å². The Morgan fingerprint density at radius 3 is 2.38 bits per heavy atom. The number of nitrogens with one attached hydrogen (secondary N) is 1. The Balaban J connectivity index is 3.14. The minimum Gasteiger partial charge on any atom is -0.373 e. The summed E-state index contributed by atoms with van der Waals surface area (Å²) in [7, 11) is 1.91. The minimum absolute atomic E-state index is 0.957. The van der Waals surface area contributed by atoms with Crippen LogP contribution in [0.2, 0.25) is 0 Å². The van der Waals surface area contributed by atoms with E-state index in [4.69, 9.17) is 0 Å². The number of hydrogen-bond acceptors (Lipinski definition) is 4. The quantitative estimate of drug-likeness (QED) is 0.802. The molecule has 90 valence electrons. The summed E-state index contributed by atoms with van der Waals surface area (Å²) in [5.74, 6) is 2.03. The van der Waals surface area contributed by atoms with E-state index in [1.165, 1.54) is 5.56 Å². The van der Waals surface area contributed by atoms with E-state index in [-0.39, 0.29) is 0 Å². The van der Waals surface area contributed by atoms with Crippen molar-refractivity contribution < 1.29 is 0 Å². The van der Waals surface area contributed by atoms with E-state index >= 15 is 0 Å². The average Bonchev–Trinajstić information content (AvgIpc) is 2.32. The van der Waals surface area contributed by atoms with Crippen molar-refractivity contribution in [3.05, 3.63) is 11.9 Å². The van der Waals surface area contributed by atoms with Crippen molar-refractivity contribution >= 4 is 11.6 Å². The van der Waals surface area contributed by atoms with E-state index < -0.39 is 0 Å². The van der Waals surface area contributed by atoms with Crippen LogP contribution in [0.4, 0.5) is 11.6 Å². The van der Waals surface area contributed by atoms with E-state index in [2.05, 4.69) is 41.0 Å². The Kier molecular flexibility index (Phi) is 5.02. The number of anilines is 2. The van der Waals surface area contributed by atoms with Gasteiger partial charge in [-0.3, -0.25) is 0 Å². The van der Waals surface area contributed by atoms with Gasteiger partial charge in [-0.05, 0) is 20.3 Å². The minimum atomic E-state index is 0.957. The molecule has 0 amide bonds. The van der Waals surface area contributed by atoms with Gasteiger partial charge in [0.05, 0.1) is 0 Å². The van der Waals surface area contributed by atoms with Crippen LogP contribution in [0.5, 0.6) is 0 Å². The zero-order chi connectivity index (χ0) is 12.0. The first kappa shape index (κ1) is 12.7. The molecule has 16 heavy (non-hydrogen) atoms. The van der Waals surface area contributed by atoms with Crippen LogP contribution in [0.1, 0.15) is 32.8 Å². The molecular weight excluding hydrogens is 200 g/mol. The maximum Gasteiger partial charge on any atom is 0.137 e. The van der Waals surface area contributed by atoms with Crippen molar-refractivity contribution in [2.75, 3.05) is 30.4 Å². The molecule has 0 spiro atoms. The van der Waals surface area contributed by atoms with E-state index in [0.29, 0.717) is 0 Å². The molecule has 0 aromatic carbocycles. The monoisotopic (exact) mass is 222 g/mol. The van der Waals surface area contributed by atoms with Gasteiger partial charge < -0.3 is 10.2 Å². The average molecular weight is 222 g/mol. The highest BCUT2D eigenvalue weighted by Gasteiger charge is 2.13. The van der Waals surface area contributed by atoms with Crippen LogP contribution in [-0.4, -0.2) is 30.1 Å². The summed E-state index contributed by atoms with van der Waals surface area (Å²) in [6, 6.07) is 0. The number of aromatic nitrogens is 2. The first-order chi connectivity index (χ1) is 7.78. The molecule has 0 unspecified atom stereocenters. The molecule has 0 atom stereocenters. The van der Waals surface area contributed by atoms with Crippen LogP contribution in [0.3, 0.4) is 0 Å². The Labute approximate surface area is 98.1 Å². The topological polar surface area (TPSA) is 41.1 Å². The third kappa shape index (κ3) is 2.62. The van der Waals surface area contributed by atoms with Crippen LogP contribution in [0.15, 0.2) is 6.33 Å². The van der Waals surface area contributed by atoms with Crippen LogP contribution in [0, 0.1) is 0 Å². The molecule has 4 nitrogen and oxygen atoms in total. The Morgan fingerprint density at radius 1 is 1.19 bits per heavy atom. The van der Waals surface area contributed by atoms with Gasteiger partial charge in [-0.25, -0.2) is 9.97 Å². The number of hydrogen-bond donors (Lipinski definition) is 1. The van der Waals surface area contributed by atoms with Crippen molar-refractivity contribution in [2.24, 2.45) is 0 Å². The van der Waals surface area contributed by atoms with Crippen molar-refractivity contribution in [2.45, 2.75) is 33.6 Å². The Bertz CT molecular complexity index is 321. The summed E-state index contributed by atoms with van der Waals surface area (Å²) in [4.78, 5) is 11.0. The first-order valence-electron chi connectivity index (χ1n) is 6.04. The summed E-state index contributed by atoms with van der Waals surface area (Å²) >= 11 is 0. The molecule has 0 bridgehead atoms. The zero-order valence-electron chi connectivity index (χ0n) is 10.7. The predicted molar refractivity (Wildman–Crippen MR) is 69.1 cm³/mol. The van der Waals surface area contributed by atoms with Crippen molar-refractivity contribution in [1.29, 1.82) is 0 Å². The summed E-state index contributed by atoms with van der Waals surface area (Å²) in [6.07, 6.45) is 3.76. The van der Waals surface area contributed by atoms with Gasteiger partial charge in [-0.2, -0.15) is 0 Å². The highest BCUT2D eigenvalue weighted by molar-refractivity contribution is 5.58. The van der Waals surface area contributed by atoms with Gasteiger partial charge >= 0.3 is 0 Å². The maximum absolute atomic E-state index is 4.42. The van der Waals surface area contributed by atoms with Gasteiger partial charge in [0, 0.05) is 25.7 Å². The summed E-state index contributed by atoms with van der Waals surface area (Å²) in [5, 5.41) is 3.15. The molecule has 0 aliphatic heterocycles. The highest BCUT2D eigenvalue weighted by Crippen LogP contribution is 2.24. The SMILES string of the molecule is CCCc1c(NC)ncnc1N(CC)CC. The number of rotatable bonds is 6. The molecule has 1 heterocycles. The second-order valence-electron chi connectivity index (χ2n) is 3.70. The fraction of sp³-hybridized carbons (Fsp3) is 0.667. The van der Waals surface area contributed by atoms with E-state index in [1.807, 2.05) is 7.05 Å². The molecule has 4 heteroatoms. The normalized spacial score (nSPS) is 10.2. The second kappa shape index (κ2) is 6.30. The predicted octanol–water partition coefficient (Wildman–Crippen LogP) is 2.32. The van der Waals surface area contributed by atoms with Crippen molar-refractivity contribution in [3.8, 4) is 0 Å². The summed E-state index contributed by atoms with van der Waals surface area (Å²) < 4.78 is 0. The standard InChI is InChI=1S/C12H22N4/c1-5-8-10-11(13-4)14-9-15-12(10)16(6-2)7-3/h9H,5-8H2,1-4H3,(H,13,14,15). The molecule has 0 aliphatic carbocycles. The number of nitrogens with zero attached hydrogens (tertiary/aromatic N) is 3. The van der Waals surface area contributed by atoms with E-state index in [9.17, 15) is 0 Å². The lowest BCUT2D eigenvalue weighted by atomic mass is 10.1. The van der Waals surface area contributed by atoms with Gasteiger partial charge in [0.1, 0.15) is 18.0 Å². The van der Waals surface area contributed by atoms with Crippen LogP contribution >= 0.6 is 0 Å². The highest BCUT2D eigenvalue weighted by atomic mass is 15.2. The van der Waals surface area contributed by atoms with E-state index in [0.717, 1.165) is 37.6 Å². The lowest BCUT2D eigenvalue weighted by Crippen LogP contribution is -2.25. The van der Waals surface area contributed by atoms with Gasteiger partial charge in [0.2, 0.25) is 0 Å². The fourth-order valence-electron chi connectivity index (χ4n) is 1.89. The first-order valence-corrected chi connectivity index (χ1v) is 6.04. The molecule has 0 radical (unpaired) electrons. The molecular formula is C12H22N4. The summed E-state index contributed by atoms with van der Waals surface area (Å²) in [5.41, 5.74) is 1.23. The van der Waals surface area contributed by atoms with Gasteiger partial charge in [0.25, 0.3) is 0 Å².